The van der Waals surface area contributed by atoms with Gasteiger partial charge in [0.2, 0.25) is 0 Å². The molecule has 1 rings (SSSR count). The summed E-state index contributed by atoms with van der Waals surface area (Å²) in [6.07, 6.45) is 5.33. The molecule has 0 aromatic heterocycles. The van der Waals surface area contributed by atoms with Gasteiger partial charge < -0.3 is 15.4 Å². The SMILES string of the molecule is CCOCCN(C)CC1(CN)CCCC1. The lowest BCUT2D eigenvalue weighted by Gasteiger charge is -2.32. The zero-order chi connectivity index (χ0) is 11.1. The number of hydrogen-bond acceptors (Lipinski definition) is 3. The highest BCUT2D eigenvalue weighted by Gasteiger charge is 2.33. The highest BCUT2D eigenvalue weighted by molar-refractivity contribution is 4.87. The Hall–Kier alpha value is -0.120. The van der Waals surface area contributed by atoms with E-state index in [1.165, 1.54) is 25.7 Å². The quantitative estimate of drug-likeness (QED) is 0.652. The minimum Gasteiger partial charge on any atom is -0.380 e. The Morgan fingerprint density at radius 2 is 2.00 bits per heavy atom. The molecular weight excluding hydrogens is 188 g/mol. The van der Waals surface area contributed by atoms with E-state index < -0.39 is 0 Å². The molecule has 0 atom stereocenters. The number of likely N-dealkylation sites (N-methyl/N-ethyl adjacent to an activating group) is 1. The predicted octanol–water partition coefficient (Wildman–Crippen LogP) is 1.47. The molecule has 3 heteroatoms. The summed E-state index contributed by atoms with van der Waals surface area (Å²) in [7, 11) is 2.18. The summed E-state index contributed by atoms with van der Waals surface area (Å²) >= 11 is 0. The van der Waals surface area contributed by atoms with Crippen molar-refractivity contribution < 1.29 is 4.74 Å². The van der Waals surface area contributed by atoms with E-state index in [-0.39, 0.29) is 0 Å². The molecular formula is C12H26N2O. The van der Waals surface area contributed by atoms with E-state index in [2.05, 4.69) is 11.9 Å². The zero-order valence-corrected chi connectivity index (χ0v) is 10.3. The van der Waals surface area contributed by atoms with Crippen LogP contribution in [0.25, 0.3) is 0 Å². The summed E-state index contributed by atoms with van der Waals surface area (Å²) in [5, 5.41) is 0. The molecule has 0 bridgehead atoms. The molecule has 0 unspecified atom stereocenters. The lowest BCUT2D eigenvalue weighted by molar-refractivity contribution is 0.102. The Kier molecular flexibility index (Phi) is 5.58. The number of nitrogens with zero attached hydrogens (tertiary/aromatic N) is 1. The van der Waals surface area contributed by atoms with Crippen LogP contribution < -0.4 is 5.73 Å². The van der Waals surface area contributed by atoms with Crippen LogP contribution in [0.15, 0.2) is 0 Å². The highest BCUT2D eigenvalue weighted by Crippen LogP contribution is 2.37. The maximum atomic E-state index is 5.91. The molecule has 0 aromatic carbocycles. The van der Waals surface area contributed by atoms with E-state index in [9.17, 15) is 0 Å². The van der Waals surface area contributed by atoms with Crippen molar-refractivity contribution in [1.29, 1.82) is 0 Å². The largest absolute Gasteiger partial charge is 0.380 e. The third-order valence-corrected chi connectivity index (χ3v) is 3.52. The first-order chi connectivity index (χ1) is 7.22. The van der Waals surface area contributed by atoms with E-state index in [0.717, 1.165) is 32.8 Å². The van der Waals surface area contributed by atoms with Gasteiger partial charge in [-0.05, 0) is 38.8 Å². The summed E-state index contributed by atoms with van der Waals surface area (Å²) in [6.45, 7) is 6.69. The van der Waals surface area contributed by atoms with Crippen LogP contribution in [0.2, 0.25) is 0 Å². The van der Waals surface area contributed by atoms with E-state index >= 15 is 0 Å². The summed E-state index contributed by atoms with van der Waals surface area (Å²) < 4.78 is 5.36. The summed E-state index contributed by atoms with van der Waals surface area (Å²) in [5.41, 5.74) is 6.32. The Balaban J connectivity index is 2.25. The van der Waals surface area contributed by atoms with Gasteiger partial charge in [-0.15, -0.1) is 0 Å². The Morgan fingerprint density at radius 1 is 1.33 bits per heavy atom. The summed E-state index contributed by atoms with van der Waals surface area (Å²) in [6, 6.07) is 0. The topological polar surface area (TPSA) is 38.5 Å². The average Bonchev–Trinajstić information content (AvgIpc) is 2.67. The van der Waals surface area contributed by atoms with Crippen molar-refractivity contribution in [2.24, 2.45) is 11.1 Å². The minimum atomic E-state index is 0.404. The normalized spacial score (nSPS) is 20.0. The first kappa shape index (κ1) is 12.9. The fraction of sp³-hybridized carbons (Fsp3) is 1.00. The first-order valence-corrected chi connectivity index (χ1v) is 6.19. The molecule has 0 radical (unpaired) electrons. The van der Waals surface area contributed by atoms with Crippen LogP contribution >= 0.6 is 0 Å². The molecule has 0 heterocycles. The lowest BCUT2D eigenvalue weighted by Crippen LogP contribution is -2.40. The van der Waals surface area contributed by atoms with Crippen molar-refractivity contribution in [3.63, 3.8) is 0 Å². The summed E-state index contributed by atoms with van der Waals surface area (Å²) in [4.78, 5) is 2.37. The van der Waals surface area contributed by atoms with Gasteiger partial charge in [0.15, 0.2) is 0 Å². The molecule has 2 N–H and O–H groups in total. The van der Waals surface area contributed by atoms with Gasteiger partial charge in [-0.1, -0.05) is 12.8 Å². The second-order valence-electron chi connectivity index (χ2n) is 4.85. The molecule has 3 nitrogen and oxygen atoms in total. The molecule has 0 aliphatic heterocycles. The van der Waals surface area contributed by atoms with Crippen molar-refractivity contribution in [3.8, 4) is 0 Å². The van der Waals surface area contributed by atoms with E-state index in [1.807, 2.05) is 6.92 Å². The smallest absolute Gasteiger partial charge is 0.0593 e. The molecule has 15 heavy (non-hydrogen) atoms. The summed E-state index contributed by atoms with van der Waals surface area (Å²) in [5.74, 6) is 0. The molecule has 0 spiro atoms. The predicted molar refractivity (Wildman–Crippen MR) is 63.9 cm³/mol. The Bertz CT molecular complexity index is 167. The van der Waals surface area contributed by atoms with Crippen LogP contribution in [0.1, 0.15) is 32.6 Å². The maximum absolute atomic E-state index is 5.91. The Labute approximate surface area is 94.0 Å². The molecule has 1 aliphatic carbocycles. The molecule has 0 aromatic rings. The number of ether oxygens (including phenoxy) is 1. The van der Waals surface area contributed by atoms with Crippen LogP contribution in [0.5, 0.6) is 0 Å². The van der Waals surface area contributed by atoms with Crippen molar-refractivity contribution in [1.82, 2.24) is 4.90 Å². The van der Waals surface area contributed by atoms with Gasteiger partial charge in [0.25, 0.3) is 0 Å². The van der Waals surface area contributed by atoms with Crippen molar-refractivity contribution in [2.75, 3.05) is 39.9 Å². The fourth-order valence-electron chi connectivity index (χ4n) is 2.57. The van der Waals surface area contributed by atoms with Crippen LogP contribution in [-0.4, -0.2) is 44.8 Å². The van der Waals surface area contributed by atoms with Gasteiger partial charge in [-0.2, -0.15) is 0 Å². The number of nitrogens with two attached hydrogens (primary N) is 1. The maximum Gasteiger partial charge on any atom is 0.0593 e. The van der Waals surface area contributed by atoms with Crippen LogP contribution in [-0.2, 0) is 4.74 Å². The molecule has 1 fully saturated rings. The van der Waals surface area contributed by atoms with Crippen molar-refractivity contribution >= 4 is 0 Å². The molecule has 0 amide bonds. The highest BCUT2D eigenvalue weighted by atomic mass is 16.5. The van der Waals surface area contributed by atoms with Gasteiger partial charge in [-0.3, -0.25) is 0 Å². The van der Waals surface area contributed by atoms with Gasteiger partial charge in [0, 0.05) is 19.7 Å². The number of rotatable bonds is 7. The third kappa shape index (κ3) is 4.09. The second-order valence-corrected chi connectivity index (χ2v) is 4.85. The third-order valence-electron chi connectivity index (χ3n) is 3.52. The first-order valence-electron chi connectivity index (χ1n) is 6.19. The molecule has 90 valence electrons. The van der Waals surface area contributed by atoms with Crippen molar-refractivity contribution in [2.45, 2.75) is 32.6 Å². The minimum absolute atomic E-state index is 0.404. The van der Waals surface area contributed by atoms with E-state index in [4.69, 9.17) is 10.5 Å². The average molecular weight is 214 g/mol. The number of hydrogen-bond donors (Lipinski definition) is 1. The van der Waals surface area contributed by atoms with Gasteiger partial charge in [-0.25, -0.2) is 0 Å². The zero-order valence-electron chi connectivity index (χ0n) is 10.3. The van der Waals surface area contributed by atoms with Crippen molar-refractivity contribution in [3.05, 3.63) is 0 Å². The standard InChI is InChI=1S/C12H26N2O/c1-3-15-9-8-14(2)11-12(10-13)6-4-5-7-12/h3-11,13H2,1-2H3. The monoisotopic (exact) mass is 214 g/mol. The van der Waals surface area contributed by atoms with Gasteiger partial charge >= 0.3 is 0 Å². The van der Waals surface area contributed by atoms with Gasteiger partial charge in [0.05, 0.1) is 6.61 Å². The van der Waals surface area contributed by atoms with E-state index in [1.54, 1.807) is 0 Å². The lowest BCUT2D eigenvalue weighted by atomic mass is 9.86. The van der Waals surface area contributed by atoms with E-state index in [0.29, 0.717) is 5.41 Å². The van der Waals surface area contributed by atoms with Crippen LogP contribution in [0.4, 0.5) is 0 Å². The fourth-order valence-corrected chi connectivity index (χ4v) is 2.57. The van der Waals surface area contributed by atoms with Crippen LogP contribution in [0, 0.1) is 5.41 Å². The Morgan fingerprint density at radius 3 is 2.53 bits per heavy atom. The second kappa shape index (κ2) is 6.46. The molecule has 1 saturated carbocycles. The molecule has 0 saturated heterocycles. The molecule has 1 aliphatic rings. The van der Waals surface area contributed by atoms with Gasteiger partial charge in [0.1, 0.15) is 0 Å². The van der Waals surface area contributed by atoms with Crippen LogP contribution in [0.3, 0.4) is 0 Å².